The number of aryl methyl sites for hydroxylation is 1. The average Bonchev–Trinajstić information content (AvgIpc) is 2.64. The summed E-state index contributed by atoms with van der Waals surface area (Å²) in [4.78, 5) is 2.17. The second-order valence-corrected chi connectivity index (χ2v) is 3.75. The third-order valence-corrected chi connectivity index (χ3v) is 2.88. The molecule has 0 aromatic heterocycles. The number of hydrogen-bond donors (Lipinski definition) is 1. The van der Waals surface area contributed by atoms with E-state index in [9.17, 15) is 0 Å². The van der Waals surface area contributed by atoms with Gasteiger partial charge in [0.2, 0.25) is 0 Å². The molecule has 2 nitrogen and oxygen atoms in total. The van der Waals surface area contributed by atoms with E-state index in [0.717, 1.165) is 24.6 Å². The Morgan fingerprint density at radius 1 is 1.43 bits per heavy atom. The summed E-state index contributed by atoms with van der Waals surface area (Å²) in [5.41, 5.74) is 2.61. The van der Waals surface area contributed by atoms with Gasteiger partial charge in [0.25, 0.3) is 0 Å². The summed E-state index contributed by atoms with van der Waals surface area (Å²) in [7, 11) is 0. The van der Waals surface area contributed by atoms with Crippen LogP contribution < -0.4 is 10.2 Å². The molecule has 0 saturated carbocycles. The minimum Gasteiger partial charge on any atom is -0.360 e. The van der Waals surface area contributed by atoms with Crippen LogP contribution >= 0.6 is 12.2 Å². The topological polar surface area (TPSA) is 15.3 Å². The van der Waals surface area contributed by atoms with Crippen molar-refractivity contribution in [3.05, 3.63) is 29.8 Å². The number of benzene rings is 1. The number of nitrogens with zero attached hydrogens (tertiary/aromatic N) is 1. The van der Waals surface area contributed by atoms with Gasteiger partial charge in [-0.15, -0.1) is 0 Å². The van der Waals surface area contributed by atoms with E-state index in [1.165, 1.54) is 11.3 Å². The normalized spacial score (nSPS) is 15.8. The zero-order valence-corrected chi connectivity index (χ0v) is 9.10. The van der Waals surface area contributed by atoms with Gasteiger partial charge >= 0.3 is 0 Å². The summed E-state index contributed by atoms with van der Waals surface area (Å²) < 4.78 is 0. The van der Waals surface area contributed by atoms with E-state index < -0.39 is 0 Å². The summed E-state index contributed by atoms with van der Waals surface area (Å²) in [6.45, 7) is 4.11. The van der Waals surface area contributed by atoms with Gasteiger partial charge in [0.15, 0.2) is 5.11 Å². The summed E-state index contributed by atoms with van der Waals surface area (Å²) in [5.74, 6) is 0. The molecule has 1 aliphatic rings. The number of anilines is 1. The Morgan fingerprint density at radius 2 is 2.21 bits per heavy atom. The minimum atomic E-state index is 0.853. The third-order valence-electron chi connectivity index (χ3n) is 2.52. The van der Waals surface area contributed by atoms with Crippen molar-refractivity contribution < 1.29 is 0 Å². The van der Waals surface area contributed by atoms with Crippen molar-refractivity contribution in [1.82, 2.24) is 5.32 Å². The van der Waals surface area contributed by atoms with Crippen molar-refractivity contribution in [2.24, 2.45) is 0 Å². The molecule has 74 valence electrons. The molecule has 2 rings (SSSR count). The van der Waals surface area contributed by atoms with Crippen LogP contribution in [-0.2, 0) is 6.42 Å². The summed E-state index contributed by atoms with van der Waals surface area (Å²) in [6, 6.07) is 8.44. The van der Waals surface area contributed by atoms with Crippen LogP contribution in [0.1, 0.15) is 12.5 Å². The molecule has 1 aliphatic heterocycles. The Hall–Kier alpha value is -1.09. The van der Waals surface area contributed by atoms with Crippen LogP contribution in [0.2, 0.25) is 0 Å². The zero-order chi connectivity index (χ0) is 9.97. The van der Waals surface area contributed by atoms with Gasteiger partial charge in [-0.25, -0.2) is 0 Å². The number of hydrogen-bond acceptors (Lipinski definition) is 1. The maximum atomic E-state index is 5.24. The van der Waals surface area contributed by atoms with E-state index in [0.29, 0.717) is 0 Å². The second kappa shape index (κ2) is 3.96. The van der Waals surface area contributed by atoms with Crippen molar-refractivity contribution in [3.8, 4) is 0 Å². The maximum Gasteiger partial charge on any atom is 0.173 e. The zero-order valence-electron chi connectivity index (χ0n) is 8.29. The molecule has 0 amide bonds. The first-order chi connectivity index (χ1) is 6.83. The van der Waals surface area contributed by atoms with E-state index in [1.807, 2.05) is 0 Å². The number of rotatable bonds is 2. The molecule has 3 heteroatoms. The van der Waals surface area contributed by atoms with E-state index in [2.05, 4.69) is 41.4 Å². The first-order valence-electron chi connectivity index (χ1n) is 4.96. The van der Waals surface area contributed by atoms with Crippen LogP contribution in [0.25, 0.3) is 0 Å². The molecule has 0 unspecified atom stereocenters. The van der Waals surface area contributed by atoms with Crippen LogP contribution in [-0.4, -0.2) is 18.2 Å². The second-order valence-electron chi connectivity index (χ2n) is 3.37. The van der Waals surface area contributed by atoms with Crippen molar-refractivity contribution in [3.63, 3.8) is 0 Å². The highest BCUT2D eigenvalue weighted by atomic mass is 32.1. The van der Waals surface area contributed by atoms with Crippen LogP contribution in [0.5, 0.6) is 0 Å². The summed E-state index contributed by atoms with van der Waals surface area (Å²) >= 11 is 5.24. The Morgan fingerprint density at radius 3 is 2.86 bits per heavy atom. The van der Waals surface area contributed by atoms with Crippen LogP contribution in [0.4, 0.5) is 5.69 Å². The lowest BCUT2D eigenvalue weighted by atomic mass is 10.1. The fourth-order valence-corrected chi connectivity index (χ4v) is 2.07. The summed E-state index contributed by atoms with van der Waals surface area (Å²) in [6.07, 6.45) is 1.05. The smallest absolute Gasteiger partial charge is 0.173 e. The van der Waals surface area contributed by atoms with Gasteiger partial charge in [0.05, 0.1) is 0 Å². The maximum absolute atomic E-state index is 5.24. The molecule has 0 atom stereocenters. The molecule has 1 saturated heterocycles. The largest absolute Gasteiger partial charge is 0.360 e. The Bertz CT molecular complexity index is 349. The highest BCUT2D eigenvalue weighted by molar-refractivity contribution is 7.80. The molecular formula is C11H14N2S. The number of nitrogens with one attached hydrogen (secondary N) is 1. The van der Waals surface area contributed by atoms with Crippen molar-refractivity contribution >= 4 is 23.0 Å². The molecule has 0 radical (unpaired) electrons. The highest BCUT2D eigenvalue weighted by Gasteiger charge is 2.18. The lowest BCUT2D eigenvalue weighted by Gasteiger charge is -2.19. The molecule has 1 aromatic rings. The quantitative estimate of drug-likeness (QED) is 0.745. The van der Waals surface area contributed by atoms with Crippen molar-refractivity contribution in [1.29, 1.82) is 0 Å². The van der Waals surface area contributed by atoms with Gasteiger partial charge in [-0.2, -0.15) is 0 Å². The fourth-order valence-electron chi connectivity index (χ4n) is 1.77. The molecule has 1 aromatic carbocycles. The highest BCUT2D eigenvalue weighted by Crippen LogP contribution is 2.22. The molecular weight excluding hydrogens is 192 g/mol. The van der Waals surface area contributed by atoms with Crippen LogP contribution in [0.3, 0.4) is 0 Å². The van der Waals surface area contributed by atoms with E-state index in [-0.39, 0.29) is 0 Å². The molecule has 14 heavy (non-hydrogen) atoms. The number of para-hydroxylation sites is 1. The van der Waals surface area contributed by atoms with E-state index in [4.69, 9.17) is 12.2 Å². The Labute approximate surface area is 89.9 Å². The molecule has 1 heterocycles. The molecule has 1 fully saturated rings. The molecule has 1 N–H and O–H groups in total. The van der Waals surface area contributed by atoms with Crippen LogP contribution in [0.15, 0.2) is 24.3 Å². The van der Waals surface area contributed by atoms with Crippen molar-refractivity contribution in [2.45, 2.75) is 13.3 Å². The van der Waals surface area contributed by atoms with Gasteiger partial charge in [0, 0.05) is 18.8 Å². The minimum absolute atomic E-state index is 0.853. The number of thiocarbonyl (C=S) groups is 1. The van der Waals surface area contributed by atoms with Gasteiger partial charge in [0.1, 0.15) is 0 Å². The van der Waals surface area contributed by atoms with Gasteiger partial charge in [-0.3, -0.25) is 0 Å². The van der Waals surface area contributed by atoms with E-state index in [1.54, 1.807) is 0 Å². The van der Waals surface area contributed by atoms with Crippen LogP contribution in [0, 0.1) is 0 Å². The molecule has 0 bridgehead atoms. The van der Waals surface area contributed by atoms with Crippen molar-refractivity contribution in [2.75, 3.05) is 18.0 Å². The fraction of sp³-hybridized carbons (Fsp3) is 0.364. The Kier molecular flexibility index (Phi) is 2.68. The average molecular weight is 206 g/mol. The lowest BCUT2D eigenvalue weighted by Crippen LogP contribution is -2.28. The van der Waals surface area contributed by atoms with Gasteiger partial charge in [-0.1, -0.05) is 25.1 Å². The standard InChI is InChI=1S/C11H14N2S/c1-2-9-5-3-4-6-10(9)13-8-7-12-11(13)14/h3-6H,2,7-8H2,1H3,(H,12,14). The van der Waals surface area contributed by atoms with Gasteiger partial charge in [-0.05, 0) is 30.3 Å². The molecule has 0 spiro atoms. The first kappa shape index (κ1) is 9.46. The monoisotopic (exact) mass is 206 g/mol. The predicted molar refractivity (Wildman–Crippen MR) is 63.8 cm³/mol. The predicted octanol–water partition coefficient (Wildman–Crippen LogP) is 1.94. The first-order valence-corrected chi connectivity index (χ1v) is 5.37. The lowest BCUT2D eigenvalue weighted by molar-refractivity contribution is 0.969. The molecule has 0 aliphatic carbocycles. The van der Waals surface area contributed by atoms with Gasteiger partial charge < -0.3 is 10.2 Å². The van der Waals surface area contributed by atoms with E-state index >= 15 is 0 Å². The third kappa shape index (κ3) is 1.60. The SMILES string of the molecule is CCc1ccccc1N1CCNC1=S. The summed E-state index contributed by atoms with van der Waals surface area (Å²) in [5, 5.41) is 4.03. The Balaban J connectivity index is 2.35.